The predicted molar refractivity (Wildman–Crippen MR) is 293 cm³/mol. The van der Waals surface area contributed by atoms with Crippen molar-refractivity contribution >= 4 is 61.5 Å². The number of hydrogen-bond donors (Lipinski definition) is 0. The van der Waals surface area contributed by atoms with E-state index in [9.17, 15) is 0 Å². The van der Waals surface area contributed by atoms with Gasteiger partial charge in [0, 0.05) is 50.6 Å². The van der Waals surface area contributed by atoms with Crippen LogP contribution >= 0.6 is 0 Å². The normalized spacial score (nSPS) is 12.3. The molecule has 0 unspecified atom stereocenters. The first-order valence-corrected chi connectivity index (χ1v) is 23.9. The van der Waals surface area contributed by atoms with Gasteiger partial charge in [0.1, 0.15) is 0 Å². The van der Waals surface area contributed by atoms with Crippen LogP contribution in [0.1, 0.15) is 18.4 Å². The minimum atomic E-state index is 1.08. The number of fused-ring (bicyclic) bond motifs is 3. The lowest BCUT2D eigenvalue weighted by atomic mass is 9.99. The van der Waals surface area contributed by atoms with Gasteiger partial charge in [0.25, 0.3) is 0 Å². The number of nitrogens with zero attached hydrogens (tertiary/aromatic N) is 3. The molecule has 1 aliphatic carbocycles. The molecule has 0 atom stereocenters. The van der Waals surface area contributed by atoms with E-state index in [0.717, 1.165) is 63.8 Å². The second-order valence-electron chi connectivity index (χ2n) is 17.7. The van der Waals surface area contributed by atoms with Crippen LogP contribution in [0.25, 0.3) is 66.4 Å². The van der Waals surface area contributed by atoms with Crippen LogP contribution in [-0.4, -0.2) is 4.57 Å². The van der Waals surface area contributed by atoms with Gasteiger partial charge in [-0.2, -0.15) is 0 Å². The third-order valence-corrected chi connectivity index (χ3v) is 13.4. The number of allylic oxidation sites excluding steroid dienone is 4. The van der Waals surface area contributed by atoms with Crippen molar-refractivity contribution in [1.29, 1.82) is 0 Å². The lowest BCUT2D eigenvalue weighted by Crippen LogP contribution is -2.10. The van der Waals surface area contributed by atoms with Crippen molar-refractivity contribution in [3.05, 3.63) is 279 Å². The smallest absolute Gasteiger partial charge is 0.0561 e. The molecule has 0 radical (unpaired) electrons. The van der Waals surface area contributed by atoms with E-state index in [1.165, 1.54) is 55.2 Å². The fourth-order valence-corrected chi connectivity index (χ4v) is 9.95. The molecule has 1 heterocycles. The summed E-state index contributed by atoms with van der Waals surface area (Å²) in [5, 5.41) is 2.48. The van der Waals surface area contributed by atoms with Gasteiger partial charge < -0.3 is 14.4 Å². The first kappa shape index (κ1) is 41.5. The van der Waals surface area contributed by atoms with Crippen molar-refractivity contribution < 1.29 is 0 Å². The summed E-state index contributed by atoms with van der Waals surface area (Å²) in [4.78, 5) is 4.73. The second-order valence-corrected chi connectivity index (χ2v) is 17.7. The highest BCUT2D eigenvalue weighted by Gasteiger charge is 2.19. The van der Waals surface area contributed by atoms with Crippen molar-refractivity contribution in [3.8, 4) is 39.1 Å². The van der Waals surface area contributed by atoms with Gasteiger partial charge in [-0.1, -0.05) is 182 Å². The first-order valence-electron chi connectivity index (χ1n) is 23.9. The summed E-state index contributed by atoms with van der Waals surface area (Å²) in [6.07, 6.45) is 9.05. The van der Waals surface area contributed by atoms with E-state index in [4.69, 9.17) is 0 Å². The maximum Gasteiger partial charge on any atom is 0.0561 e. The Kier molecular flexibility index (Phi) is 11.1. The van der Waals surface area contributed by atoms with E-state index < -0.39 is 0 Å². The lowest BCUT2D eigenvalue weighted by Gasteiger charge is -2.27. The Bertz CT molecular complexity index is 3510. The Hall–Kier alpha value is -8.92. The molecule has 0 N–H and O–H groups in total. The molecule has 0 saturated carbocycles. The number of para-hydroxylation sites is 2. The molecule has 69 heavy (non-hydrogen) atoms. The molecule has 328 valence electrons. The fourth-order valence-electron chi connectivity index (χ4n) is 9.95. The standard InChI is InChI=1S/C66H49N3/c1-5-15-48(16-6-1)51-25-35-57(36-26-51)67(58-37-27-52(28-38-58)49-17-7-2-8-18-49)59-39-31-54(32-40-59)55-33-43-61(44-34-55)68(60-41-29-53(30-42-60)50-19-9-3-10-20-50)62-45-46-64-63-23-13-14-24-65(63)69(66(64)47-62)56-21-11-4-12-22-56/h1-2,4-9,11-47H,3,10H2. The topological polar surface area (TPSA) is 11.4 Å². The molecule has 0 amide bonds. The van der Waals surface area contributed by atoms with E-state index in [1.54, 1.807) is 0 Å². The summed E-state index contributed by atoms with van der Waals surface area (Å²) in [6, 6.07) is 92.3. The van der Waals surface area contributed by atoms with Crippen LogP contribution < -0.4 is 9.80 Å². The highest BCUT2D eigenvalue weighted by atomic mass is 15.1. The van der Waals surface area contributed by atoms with Gasteiger partial charge >= 0.3 is 0 Å². The Morgan fingerprint density at radius 1 is 0.290 bits per heavy atom. The molecule has 3 heteroatoms. The van der Waals surface area contributed by atoms with Gasteiger partial charge in [-0.15, -0.1) is 0 Å². The minimum absolute atomic E-state index is 1.08. The third kappa shape index (κ3) is 8.21. The molecular formula is C66H49N3. The van der Waals surface area contributed by atoms with Crippen molar-refractivity contribution in [2.45, 2.75) is 12.8 Å². The molecule has 0 spiro atoms. The molecule has 0 aliphatic heterocycles. The van der Waals surface area contributed by atoms with E-state index in [-0.39, 0.29) is 0 Å². The van der Waals surface area contributed by atoms with Crippen LogP contribution in [0.5, 0.6) is 0 Å². The Labute approximate surface area is 404 Å². The van der Waals surface area contributed by atoms with E-state index in [2.05, 4.69) is 287 Å². The predicted octanol–water partition coefficient (Wildman–Crippen LogP) is 18.5. The average molecular weight is 884 g/mol. The molecule has 10 aromatic carbocycles. The lowest BCUT2D eigenvalue weighted by molar-refractivity contribution is 1.04. The Morgan fingerprint density at radius 3 is 1.13 bits per heavy atom. The molecule has 0 saturated heterocycles. The van der Waals surface area contributed by atoms with Crippen LogP contribution in [0.2, 0.25) is 0 Å². The Balaban J connectivity index is 0.902. The van der Waals surface area contributed by atoms with Crippen LogP contribution in [0.4, 0.5) is 34.1 Å². The summed E-state index contributed by atoms with van der Waals surface area (Å²) >= 11 is 0. The van der Waals surface area contributed by atoms with Crippen molar-refractivity contribution in [2.75, 3.05) is 9.80 Å². The van der Waals surface area contributed by atoms with Gasteiger partial charge in [0.2, 0.25) is 0 Å². The van der Waals surface area contributed by atoms with Gasteiger partial charge in [-0.25, -0.2) is 0 Å². The zero-order chi connectivity index (χ0) is 45.9. The largest absolute Gasteiger partial charge is 0.311 e. The highest BCUT2D eigenvalue weighted by Crippen LogP contribution is 2.42. The number of rotatable bonds is 11. The molecule has 12 rings (SSSR count). The van der Waals surface area contributed by atoms with Crippen LogP contribution in [0.15, 0.2) is 273 Å². The highest BCUT2D eigenvalue weighted by molar-refractivity contribution is 6.10. The van der Waals surface area contributed by atoms with Gasteiger partial charge in [0.05, 0.1) is 11.0 Å². The van der Waals surface area contributed by atoms with Crippen molar-refractivity contribution in [3.63, 3.8) is 0 Å². The third-order valence-electron chi connectivity index (χ3n) is 13.4. The summed E-state index contributed by atoms with van der Waals surface area (Å²) in [7, 11) is 0. The first-order chi connectivity index (χ1) is 34.2. The molecular weight excluding hydrogens is 835 g/mol. The average Bonchev–Trinajstić information content (AvgIpc) is 3.77. The van der Waals surface area contributed by atoms with Crippen LogP contribution in [-0.2, 0) is 0 Å². The van der Waals surface area contributed by atoms with E-state index in [0.29, 0.717) is 0 Å². The molecule has 1 aromatic heterocycles. The maximum atomic E-state index is 2.39. The monoisotopic (exact) mass is 883 g/mol. The Morgan fingerprint density at radius 2 is 0.667 bits per heavy atom. The summed E-state index contributed by atoms with van der Waals surface area (Å²) in [5.74, 6) is 0. The minimum Gasteiger partial charge on any atom is -0.311 e. The molecule has 3 nitrogen and oxygen atoms in total. The number of anilines is 6. The van der Waals surface area contributed by atoms with Gasteiger partial charge in [-0.05, 0) is 148 Å². The number of benzene rings is 10. The molecule has 0 bridgehead atoms. The zero-order valence-corrected chi connectivity index (χ0v) is 38.2. The maximum absolute atomic E-state index is 2.39. The SMILES string of the molecule is C1=CC(c2ccc(N(c3ccc(-c4ccc(N(c5ccc(-c6ccccc6)cc5)c5ccc(-c6ccccc6)cc5)cc4)cc3)c3ccc4c5ccccc5n(-c5ccccc5)c4c3)cc2)=CCC1. The van der Waals surface area contributed by atoms with E-state index in [1.807, 2.05) is 0 Å². The summed E-state index contributed by atoms with van der Waals surface area (Å²) < 4.78 is 2.39. The van der Waals surface area contributed by atoms with Crippen molar-refractivity contribution in [1.82, 2.24) is 4.57 Å². The second kappa shape index (κ2) is 18.4. The van der Waals surface area contributed by atoms with Crippen molar-refractivity contribution in [2.24, 2.45) is 0 Å². The fraction of sp³-hybridized carbons (Fsp3) is 0.0303. The van der Waals surface area contributed by atoms with E-state index >= 15 is 0 Å². The summed E-state index contributed by atoms with van der Waals surface area (Å²) in [5.41, 5.74) is 19.7. The van der Waals surface area contributed by atoms with Crippen LogP contribution in [0.3, 0.4) is 0 Å². The molecule has 0 fully saturated rings. The summed E-state index contributed by atoms with van der Waals surface area (Å²) in [6.45, 7) is 0. The van der Waals surface area contributed by atoms with Gasteiger partial charge in [-0.3, -0.25) is 0 Å². The van der Waals surface area contributed by atoms with Gasteiger partial charge in [0.15, 0.2) is 0 Å². The zero-order valence-electron chi connectivity index (χ0n) is 38.2. The number of hydrogen-bond acceptors (Lipinski definition) is 2. The number of aromatic nitrogens is 1. The molecule has 1 aliphatic rings. The molecule has 11 aromatic rings. The quantitative estimate of drug-likeness (QED) is 0.128. The van der Waals surface area contributed by atoms with Crippen LogP contribution in [0, 0.1) is 0 Å².